The number of ether oxygens (including phenoxy) is 1. The summed E-state index contributed by atoms with van der Waals surface area (Å²) in [5.74, 6) is 0.939. The fourth-order valence-electron chi connectivity index (χ4n) is 1.59. The van der Waals surface area contributed by atoms with Gasteiger partial charge in [-0.05, 0) is 48.6 Å². The minimum Gasteiger partial charge on any atom is -0.507 e. The number of benzene rings is 2. The molecule has 0 aromatic heterocycles. The van der Waals surface area contributed by atoms with Crippen LogP contribution in [0.25, 0.3) is 0 Å². The van der Waals surface area contributed by atoms with E-state index < -0.39 is 0 Å². The molecule has 0 saturated heterocycles. The van der Waals surface area contributed by atoms with Gasteiger partial charge >= 0.3 is 0 Å². The van der Waals surface area contributed by atoms with E-state index in [1.54, 1.807) is 25.3 Å². The average Bonchev–Trinajstić information content (AvgIpc) is 2.50. The highest BCUT2D eigenvalue weighted by Gasteiger charge is 1.98. The normalized spacial score (nSPS) is 10.3. The van der Waals surface area contributed by atoms with E-state index in [-0.39, 0.29) is 5.75 Å². The second-order valence-corrected chi connectivity index (χ2v) is 4.52. The maximum absolute atomic E-state index is 9.58. The number of methoxy groups -OCH3 is 1. The molecule has 0 atom stereocenters. The zero-order valence-corrected chi connectivity index (χ0v) is 12.2. The van der Waals surface area contributed by atoms with Crippen molar-refractivity contribution in [2.45, 2.75) is 0 Å². The zero-order chi connectivity index (χ0) is 15.1. The number of aromatic hydroxyl groups is 1. The molecule has 0 aliphatic rings. The second kappa shape index (κ2) is 7.25. The number of hydrazone groups is 1. The average molecular weight is 301 g/mol. The Kier molecular flexibility index (Phi) is 5.11. The smallest absolute Gasteiger partial charge is 0.191 e. The third-order valence-electron chi connectivity index (χ3n) is 2.65. The van der Waals surface area contributed by atoms with E-state index in [0.717, 1.165) is 11.4 Å². The van der Waals surface area contributed by atoms with E-state index in [9.17, 15) is 5.11 Å². The molecule has 5 nitrogen and oxygen atoms in total. The first-order valence-corrected chi connectivity index (χ1v) is 6.62. The van der Waals surface area contributed by atoms with Crippen LogP contribution in [0.4, 0.5) is 5.69 Å². The van der Waals surface area contributed by atoms with Crippen molar-refractivity contribution in [1.82, 2.24) is 5.43 Å². The molecule has 0 aliphatic heterocycles. The number of rotatable bonds is 4. The molecule has 2 rings (SSSR count). The minimum absolute atomic E-state index is 0.164. The van der Waals surface area contributed by atoms with Gasteiger partial charge in [0.15, 0.2) is 5.11 Å². The molecule has 21 heavy (non-hydrogen) atoms. The zero-order valence-electron chi connectivity index (χ0n) is 11.4. The number of nitrogens with zero attached hydrogens (tertiary/aromatic N) is 1. The summed E-state index contributed by atoms with van der Waals surface area (Å²) in [5.41, 5.74) is 4.12. The Balaban J connectivity index is 1.88. The lowest BCUT2D eigenvalue weighted by atomic mass is 10.2. The summed E-state index contributed by atoms with van der Waals surface area (Å²) in [6.45, 7) is 0. The molecular formula is C15H15N3O2S. The van der Waals surface area contributed by atoms with Crippen molar-refractivity contribution in [3.05, 3.63) is 54.1 Å². The van der Waals surface area contributed by atoms with Gasteiger partial charge < -0.3 is 15.2 Å². The first kappa shape index (κ1) is 14.8. The molecule has 0 heterocycles. The largest absolute Gasteiger partial charge is 0.507 e. The van der Waals surface area contributed by atoms with Crippen molar-refractivity contribution in [2.24, 2.45) is 5.10 Å². The fourth-order valence-corrected chi connectivity index (χ4v) is 1.76. The van der Waals surface area contributed by atoms with Gasteiger partial charge in [0.25, 0.3) is 0 Å². The Morgan fingerprint density at radius 3 is 2.57 bits per heavy atom. The van der Waals surface area contributed by atoms with E-state index in [1.807, 2.05) is 30.3 Å². The lowest BCUT2D eigenvalue weighted by Gasteiger charge is -2.07. The van der Waals surface area contributed by atoms with Crippen molar-refractivity contribution in [3.8, 4) is 11.5 Å². The van der Waals surface area contributed by atoms with Crippen molar-refractivity contribution < 1.29 is 9.84 Å². The Bertz CT molecular complexity index is 642. The first-order chi connectivity index (χ1) is 10.2. The number of nitrogens with one attached hydrogen (secondary N) is 2. The molecule has 0 radical (unpaired) electrons. The summed E-state index contributed by atoms with van der Waals surface area (Å²) in [6.07, 6.45) is 1.50. The van der Waals surface area contributed by atoms with Gasteiger partial charge in [0.1, 0.15) is 11.5 Å². The quantitative estimate of drug-likeness (QED) is 0.460. The van der Waals surface area contributed by atoms with Crippen LogP contribution in [0.2, 0.25) is 0 Å². The van der Waals surface area contributed by atoms with E-state index in [1.165, 1.54) is 6.21 Å². The molecule has 0 saturated carbocycles. The van der Waals surface area contributed by atoms with Gasteiger partial charge in [-0.15, -0.1) is 0 Å². The van der Waals surface area contributed by atoms with Gasteiger partial charge in [-0.1, -0.05) is 12.1 Å². The van der Waals surface area contributed by atoms with Crippen LogP contribution in [0.3, 0.4) is 0 Å². The molecule has 108 valence electrons. The van der Waals surface area contributed by atoms with Crippen molar-refractivity contribution in [1.29, 1.82) is 0 Å². The summed E-state index contributed by atoms with van der Waals surface area (Å²) >= 11 is 5.12. The number of thiocarbonyl (C=S) groups is 1. The third kappa shape index (κ3) is 4.47. The fraction of sp³-hybridized carbons (Fsp3) is 0.0667. The Morgan fingerprint density at radius 1 is 1.19 bits per heavy atom. The number of anilines is 1. The molecule has 6 heteroatoms. The van der Waals surface area contributed by atoms with Gasteiger partial charge in [-0.3, -0.25) is 5.43 Å². The number of hydrogen-bond acceptors (Lipinski definition) is 4. The highest BCUT2D eigenvalue weighted by atomic mass is 32.1. The molecule has 0 fully saturated rings. The van der Waals surface area contributed by atoms with Crippen LogP contribution in [-0.2, 0) is 0 Å². The summed E-state index contributed by atoms with van der Waals surface area (Å²) in [5, 5.41) is 16.9. The van der Waals surface area contributed by atoms with Crippen LogP contribution in [0, 0.1) is 0 Å². The predicted octanol–water partition coefficient (Wildman–Crippen LogP) is 2.72. The predicted molar refractivity (Wildman–Crippen MR) is 88.1 cm³/mol. The van der Waals surface area contributed by atoms with E-state index in [2.05, 4.69) is 15.8 Å². The van der Waals surface area contributed by atoms with Crippen LogP contribution >= 0.6 is 12.2 Å². The maximum atomic E-state index is 9.58. The van der Waals surface area contributed by atoms with E-state index >= 15 is 0 Å². The highest BCUT2D eigenvalue weighted by Crippen LogP contribution is 2.15. The second-order valence-electron chi connectivity index (χ2n) is 4.11. The highest BCUT2D eigenvalue weighted by molar-refractivity contribution is 7.80. The third-order valence-corrected chi connectivity index (χ3v) is 2.85. The number of para-hydroxylation sites is 1. The lowest BCUT2D eigenvalue weighted by Crippen LogP contribution is -2.23. The summed E-state index contributed by atoms with van der Waals surface area (Å²) in [7, 11) is 1.61. The van der Waals surface area contributed by atoms with Gasteiger partial charge in [-0.25, -0.2) is 0 Å². The van der Waals surface area contributed by atoms with Gasteiger partial charge in [0.05, 0.1) is 13.3 Å². The minimum atomic E-state index is 0.164. The first-order valence-electron chi connectivity index (χ1n) is 6.21. The Morgan fingerprint density at radius 2 is 1.90 bits per heavy atom. The van der Waals surface area contributed by atoms with E-state index in [4.69, 9.17) is 17.0 Å². The summed E-state index contributed by atoms with van der Waals surface area (Å²) < 4.78 is 5.08. The molecule has 0 aliphatic carbocycles. The molecule has 0 bridgehead atoms. The lowest BCUT2D eigenvalue weighted by molar-refractivity contribution is 0.415. The molecule has 3 N–H and O–H groups in total. The molecule has 2 aromatic carbocycles. The van der Waals surface area contributed by atoms with E-state index in [0.29, 0.717) is 10.7 Å². The number of hydrogen-bond donors (Lipinski definition) is 3. The van der Waals surface area contributed by atoms with Crippen molar-refractivity contribution >= 4 is 29.2 Å². The van der Waals surface area contributed by atoms with Crippen LogP contribution < -0.4 is 15.5 Å². The topological polar surface area (TPSA) is 65.9 Å². The Labute approximate surface area is 128 Å². The number of phenolic OH excluding ortho intramolecular Hbond substituents is 1. The summed E-state index contributed by atoms with van der Waals surface area (Å²) in [6, 6.07) is 14.3. The molecule has 2 aromatic rings. The maximum Gasteiger partial charge on any atom is 0.191 e. The molecule has 0 unspecified atom stereocenters. The van der Waals surface area contributed by atoms with Gasteiger partial charge in [0.2, 0.25) is 0 Å². The summed E-state index contributed by atoms with van der Waals surface area (Å²) in [4.78, 5) is 0. The SMILES string of the molecule is COc1ccc(NC(=S)NN=Cc2ccccc2O)cc1. The van der Waals surface area contributed by atoms with Crippen LogP contribution in [0.15, 0.2) is 53.6 Å². The van der Waals surface area contributed by atoms with Crippen LogP contribution in [0.1, 0.15) is 5.56 Å². The molecule has 0 amide bonds. The van der Waals surface area contributed by atoms with Crippen molar-refractivity contribution in [2.75, 3.05) is 12.4 Å². The monoisotopic (exact) mass is 301 g/mol. The van der Waals surface area contributed by atoms with Crippen molar-refractivity contribution in [3.63, 3.8) is 0 Å². The van der Waals surface area contributed by atoms with Crippen LogP contribution in [0.5, 0.6) is 11.5 Å². The standard InChI is InChI=1S/C15H15N3O2S/c1-20-13-8-6-12(7-9-13)17-15(21)18-16-10-11-4-2-3-5-14(11)19/h2-10,19H,1H3,(H2,17,18,21). The molecular weight excluding hydrogens is 286 g/mol. The molecule has 0 spiro atoms. The van der Waals surface area contributed by atoms with Gasteiger partial charge in [0, 0.05) is 11.3 Å². The number of phenols is 1. The van der Waals surface area contributed by atoms with Crippen LogP contribution in [-0.4, -0.2) is 23.5 Å². The van der Waals surface area contributed by atoms with Gasteiger partial charge in [-0.2, -0.15) is 5.10 Å². The Hall–Kier alpha value is -2.60.